The molecule has 0 amide bonds. The Kier molecular flexibility index (Phi) is 4.64. The van der Waals surface area contributed by atoms with Crippen LogP contribution in [0.4, 0.5) is 5.69 Å². The number of rotatable bonds is 3. The van der Waals surface area contributed by atoms with Crippen molar-refractivity contribution in [2.24, 2.45) is 5.92 Å². The minimum Gasteiger partial charge on any atom is -0.369 e. The van der Waals surface area contributed by atoms with Gasteiger partial charge in [0.15, 0.2) is 0 Å². The van der Waals surface area contributed by atoms with E-state index in [2.05, 4.69) is 31.2 Å². The Morgan fingerprint density at radius 1 is 1.43 bits per heavy atom. The summed E-state index contributed by atoms with van der Waals surface area (Å²) in [7, 11) is 0. The fraction of sp³-hybridized carbons (Fsp3) is 0.733. The summed E-state index contributed by atoms with van der Waals surface area (Å²) >= 11 is 3.48. The Morgan fingerprint density at radius 3 is 3.00 bits per heavy atom. The van der Waals surface area contributed by atoms with Crippen LogP contribution in [-0.4, -0.2) is 35.5 Å². The number of hydrogen-bond donors (Lipinski definition) is 1. The number of anilines is 1. The van der Waals surface area contributed by atoms with Crippen LogP contribution in [0.2, 0.25) is 0 Å². The maximum atomic E-state index is 12.2. The van der Waals surface area contributed by atoms with Gasteiger partial charge in [-0.15, -0.1) is 0 Å². The standard InChI is InChI=1S/C15H23BrN4O/c1-2-20-15(21)14(16)13(9-18-20)19-8-4-5-11(10-19)12-6-3-7-17-12/h9,11-12,17H,2-8,10H2,1H3. The molecule has 0 spiro atoms. The van der Waals surface area contributed by atoms with E-state index in [1.165, 1.54) is 30.4 Å². The lowest BCUT2D eigenvalue weighted by molar-refractivity contribution is 0.328. The Labute approximate surface area is 133 Å². The van der Waals surface area contributed by atoms with Gasteiger partial charge in [-0.25, -0.2) is 4.68 Å². The first-order valence-corrected chi connectivity index (χ1v) is 8.74. The molecule has 1 aromatic rings. The molecule has 2 fully saturated rings. The fourth-order valence-electron chi connectivity index (χ4n) is 3.57. The molecule has 0 aliphatic carbocycles. The molecule has 0 bridgehead atoms. The normalized spacial score (nSPS) is 26.3. The van der Waals surface area contributed by atoms with Gasteiger partial charge in [-0.3, -0.25) is 4.79 Å². The van der Waals surface area contributed by atoms with Crippen LogP contribution in [0.1, 0.15) is 32.6 Å². The average Bonchev–Trinajstić information content (AvgIpc) is 3.04. The number of aryl methyl sites for hydroxylation is 1. The number of hydrogen-bond acceptors (Lipinski definition) is 4. The van der Waals surface area contributed by atoms with Gasteiger partial charge in [0.05, 0.1) is 11.9 Å². The van der Waals surface area contributed by atoms with Crippen molar-refractivity contribution < 1.29 is 0 Å². The number of nitrogens with zero attached hydrogens (tertiary/aromatic N) is 3. The predicted molar refractivity (Wildman–Crippen MR) is 87.8 cm³/mol. The quantitative estimate of drug-likeness (QED) is 0.901. The van der Waals surface area contributed by atoms with Gasteiger partial charge < -0.3 is 10.2 Å². The van der Waals surface area contributed by atoms with Crippen LogP contribution < -0.4 is 15.8 Å². The summed E-state index contributed by atoms with van der Waals surface area (Å²) in [5, 5.41) is 7.89. The first-order valence-electron chi connectivity index (χ1n) is 7.94. The second-order valence-electron chi connectivity index (χ2n) is 6.02. The molecule has 3 heterocycles. The Balaban J connectivity index is 1.80. The van der Waals surface area contributed by atoms with Crippen LogP contribution in [0, 0.1) is 5.92 Å². The van der Waals surface area contributed by atoms with Crippen molar-refractivity contribution in [2.75, 3.05) is 24.5 Å². The summed E-state index contributed by atoms with van der Waals surface area (Å²) in [6, 6.07) is 0.649. The summed E-state index contributed by atoms with van der Waals surface area (Å²) in [4.78, 5) is 14.5. The van der Waals surface area contributed by atoms with Crippen molar-refractivity contribution in [3.63, 3.8) is 0 Å². The Bertz CT molecular complexity index is 553. The molecular weight excluding hydrogens is 332 g/mol. The van der Waals surface area contributed by atoms with Crippen LogP contribution in [0.15, 0.2) is 15.5 Å². The average molecular weight is 355 g/mol. The van der Waals surface area contributed by atoms with Gasteiger partial charge in [0.1, 0.15) is 4.47 Å². The zero-order valence-corrected chi connectivity index (χ0v) is 14.1. The Hall–Kier alpha value is -0.880. The molecule has 6 heteroatoms. The van der Waals surface area contributed by atoms with Crippen LogP contribution in [-0.2, 0) is 6.54 Å². The van der Waals surface area contributed by atoms with Crippen molar-refractivity contribution in [3.05, 3.63) is 21.0 Å². The molecule has 2 aliphatic heterocycles. The molecule has 2 aliphatic rings. The summed E-state index contributed by atoms with van der Waals surface area (Å²) in [6.45, 7) is 5.72. The highest BCUT2D eigenvalue weighted by molar-refractivity contribution is 9.10. The van der Waals surface area contributed by atoms with E-state index in [9.17, 15) is 4.79 Å². The van der Waals surface area contributed by atoms with E-state index in [1.54, 1.807) is 0 Å². The van der Waals surface area contributed by atoms with Crippen LogP contribution in [0.3, 0.4) is 0 Å². The van der Waals surface area contributed by atoms with Crippen LogP contribution >= 0.6 is 15.9 Å². The molecule has 0 radical (unpaired) electrons. The summed E-state index contributed by atoms with van der Waals surface area (Å²) in [5.74, 6) is 0.682. The third-order valence-electron chi connectivity index (χ3n) is 4.73. The summed E-state index contributed by atoms with van der Waals surface area (Å²) < 4.78 is 2.15. The van der Waals surface area contributed by atoms with E-state index < -0.39 is 0 Å². The molecule has 21 heavy (non-hydrogen) atoms. The van der Waals surface area contributed by atoms with Gasteiger partial charge >= 0.3 is 0 Å². The van der Waals surface area contributed by atoms with E-state index in [4.69, 9.17) is 0 Å². The largest absolute Gasteiger partial charge is 0.369 e. The van der Waals surface area contributed by atoms with E-state index >= 15 is 0 Å². The van der Waals surface area contributed by atoms with Gasteiger partial charge in [0.25, 0.3) is 5.56 Å². The lowest BCUT2D eigenvalue weighted by Crippen LogP contribution is -2.44. The molecule has 2 unspecified atom stereocenters. The molecule has 5 nitrogen and oxygen atoms in total. The topological polar surface area (TPSA) is 50.2 Å². The summed E-state index contributed by atoms with van der Waals surface area (Å²) in [5.41, 5.74) is 0.920. The van der Waals surface area contributed by atoms with Crippen molar-refractivity contribution >= 4 is 21.6 Å². The second-order valence-corrected chi connectivity index (χ2v) is 6.81. The molecule has 116 valence electrons. The van der Waals surface area contributed by atoms with E-state index in [0.29, 0.717) is 23.0 Å². The van der Waals surface area contributed by atoms with Crippen LogP contribution in [0.25, 0.3) is 0 Å². The third-order valence-corrected chi connectivity index (χ3v) is 5.48. The van der Waals surface area contributed by atoms with E-state index in [0.717, 1.165) is 25.3 Å². The number of aromatic nitrogens is 2. The van der Waals surface area contributed by atoms with Crippen molar-refractivity contribution in [1.82, 2.24) is 15.1 Å². The monoisotopic (exact) mass is 354 g/mol. The van der Waals surface area contributed by atoms with E-state index in [-0.39, 0.29) is 5.56 Å². The zero-order chi connectivity index (χ0) is 14.8. The SMILES string of the molecule is CCn1ncc(N2CCCC(C3CCCN3)C2)c(Br)c1=O. The Morgan fingerprint density at radius 2 is 2.29 bits per heavy atom. The van der Waals surface area contributed by atoms with Gasteiger partial charge in [0.2, 0.25) is 0 Å². The highest BCUT2D eigenvalue weighted by atomic mass is 79.9. The number of halogens is 1. The first kappa shape index (κ1) is 15.0. The van der Waals surface area contributed by atoms with Gasteiger partial charge in [-0.05, 0) is 61.0 Å². The molecule has 1 N–H and O–H groups in total. The van der Waals surface area contributed by atoms with Gasteiger partial charge in [0, 0.05) is 25.7 Å². The number of piperidine rings is 1. The fourth-order valence-corrected chi connectivity index (χ4v) is 4.13. The molecule has 0 saturated carbocycles. The molecule has 2 saturated heterocycles. The minimum atomic E-state index is -0.0314. The summed E-state index contributed by atoms with van der Waals surface area (Å²) in [6.07, 6.45) is 6.88. The van der Waals surface area contributed by atoms with Crippen molar-refractivity contribution in [2.45, 2.75) is 45.2 Å². The molecule has 0 aromatic carbocycles. The third kappa shape index (κ3) is 3.01. The molecule has 3 rings (SSSR count). The lowest BCUT2D eigenvalue weighted by atomic mass is 9.89. The van der Waals surface area contributed by atoms with Gasteiger partial charge in [-0.2, -0.15) is 5.10 Å². The number of nitrogens with one attached hydrogen (secondary N) is 1. The maximum Gasteiger partial charge on any atom is 0.283 e. The van der Waals surface area contributed by atoms with Gasteiger partial charge in [-0.1, -0.05) is 0 Å². The van der Waals surface area contributed by atoms with Crippen molar-refractivity contribution in [3.8, 4) is 0 Å². The molecular formula is C15H23BrN4O. The molecule has 1 aromatic heterocycles. The van der Waals surface area contributed by atoms with Crippen LogP contribution in [0.5, 0.6) is 0 Å². The van der Waals surface area contributed by atoms with Crippen molar-refractivity contribution in [1.29, 1.82) is 0 Å². The zero-order valence-electron chi connectivity index (χ0n) is 12.5. The highest BCUT2D eigenvalue weighted by Gasteiger charge is 2.30. The molecule has 2 atom stereocenters. The van der Waals surface area contributed by atoms with E-state index in [1.807, 2.05) is 13.1 Å². The maximum absolute atomic E-state index is 12.2. The highest BCUT2D eigenvalue weighted by Crippen LogP contribution is 2.30. The lowest BCUT2D eigenvalue weighted by Gasteiger charge is -2.37. The second kappa shape index (κ2) is 6.48. The minimum absolute atomic E-state index is 0.0314. The predicted octanol–water partition coefficient (Wildman–Crippen LogP) is 1.99. The smallest absolute Gasteiger partial charge is 0.283 e. The first-order chi connectivity index (χ1) is 10.2.